The van der Waals surface area contributed by atoms with Crippen LogP contribution in [0.3, 0.4) is 0 Å². The third kappa shape index (κ3) is 2.56. The van der Waals surface area contributed by atoms with Crippen LogP contribution in [0, 0.1) is 34.5 Å². The molecule has 1 aromatic rings. The van der Waals surface area contributed by atoms with Crippen molar-refractivity contribution in [1.82, 2.24) is 0 Å². The molecule has 0 radical (unpaired) electrons. The van der Waals surface area contributed by atoms with Gasteiger partial charge in [-0.2, -0.15) is 0 Å². The second-order valence-electron chi connectivity index (χ2n) is 9.34. The third-order valence-corrected chi connectivity index (χ3v) is 7.81. The molecule has 0 spiro atoms. The first kappa shape index (κ1) is 19.2. The Morgan fingerprint density at radius 1 is 1.25 bits per heavy atom. The quantitative estimate of drug-likeness (QED) is 0.719. The topological polar surface area (TPSA) is 82.8 Å². The van der Waals surface area contributed by atoms with E-state index < -0.39 is 16.9 Å². The second-order valence-corrected chi connectivity index (χ2v) is 9.34. The number of hydrogen-bond donors (Lipinski definition) is 0. The van der Waals surface area contributed by atoms with E-state index in [9.17, 15) is 14.4 Å². The fourth-order valence-corrected chi connectivity index (χ4v) is 6.40. The summed E-state index contributed by atoms with van der Waals surface area (Å²) >= 11 is 0. The molecule has 2 heterocycles. The van der Waals surface area contributed by atoms with Gasteiger partial charge in [0, 0.05) is 17.4 Å². The van der Waals surface area contributed by atoms with E-state index in [1.165, 1.54) is 7.11 Å². The molecule has 152 valence electrons. The summed E-state index contributed by atoms with van der Waals surface area (Å²) in [6, 6.07) is 1.80. The molecule has 3 fully saturated rings. The normalized spacial score (nSPS) is 42.9. The highest BCUT2D eigenvalue weighted by molar-refractivity contribution is 5.90. The number of carbonyl (C=O) groups is 3. The average molecular weight is 388 g/mol. The summed E-state index contributed by atoms with van der Waals surface area (Å²) in [7, 11) is 1.40. The first-order chi connectivity index (χ1) is 13.2. The van der Waals surface area contributed by atoms with Crippen LogP contribution < -0.4 is 0 Å². The van der Waals surface area contributed by atoms with E-state index >= 15 is 0 Å². The van der Waals surface area contributed by atoms with E-state index in [1.807, 2.05) is 20.8 Å². The van der Waals surface area contributed by atoms with Gasteiger partial charge in [0.05, 0.1) is 31.5 Å². The lowest BCUT2D eigenvalue weighted by atomic mass is 9.42. The molecule has 28 heavy (non-hydrogen) atoms. The van der Waals surface area contributed by atoms with Gasteiger partial charge in [-0.25, -0.2) is 0 Å². The molecular formula is C22H28O6. The molecule has 0 N–H and O–H groups in total. The molecule has 1 saturated heterocycles. The van der Waals surface area contributed by atoms with Gasteiger partial charge in [0.15, 0.2) is 0 Å². The van der Waals surface area contributed by atoms with Crippen LogP contribution >= 0.6 is 0 Å². The molecule has 0 aromatic carbocycles. The predicted molar refractivity (Wildman–Crippen MR) is 98.9 cm³/mol. The van der Waals surface area contributed by atoms with E-state index in [2.05, 4.69) is 0 Å². The summed E-state index contributed by atoms with van der Waals surface area (Å²) in [4.78, 5) is 39.0. The third-order valence-electron chi connectivity index (χ3n) is 7.81. The Morgan fingerprint density at radius 3 is 2.64 bits per heavy atom. The number of furan rings is 1. The van der Waals surface area contributed by atoms with Crippen molar-refractivity contribution < 1.29 is 28.3 Å². The Bertz CT molecular complexity index is 798. The fraction of sp³-hybridized carbons (Fsp3) is 0.682. The van der Waals surface area contributed by atoms with Crippen molar-refractivity contribution in [3.05, 3.63) is 24.2 Å². The Morgan fingerprint density at radius 2 is 2.00 bits per heavy atom. The maximum Gasteiger partial charge on any atom is 0.310 e. The Labute approximate surface area is 164 Å². The SMILES string of the molecule is COC(=O)C1C[C@@H](C)C(=O)C2[C@@]1(C)CCC1C(=O)O[C@H](c3ccoc3)C[C@@]12C. The molecule has 1 aromatic heterocycles. The van der Waals surface area contributed by atoms with E-state index in [1.54, 1.807) is 18.6 Å². The highest BCUT2D eigenvalue weighted by Crippen LogP contribution is 2.65. The maximum absolute atomic E-state index is 13.5. The number of Topliss-reactive ketones (excluding diaryl/α,β-unsaturated/α-hetero) is 1. The lowest BCUT2D eigenvalue weighted by molar-refractivity contribution is -0.204. The first-order valence-corrected chi connectivity index (χ1v) is 10.1. The van der Waals surface area contributed by atoms with Crippen LogP contribution in [0.25, 0.3) is 0 Å². The minimum Gasteiger partial charge on any atom is -0.472 e. The molecule has 2 aliphatic carbocycles. The second kappa shape index (κ2) is 6.46. The summed E-state index contributed by atoms with van der Waals surface area (Å²) < 4.78 is 16.0. The zero-order valence-corrected chi connectivity index (χ0v) is 16.9. The lowest BCUT2D eigenvalue weighted by Gasteiger charge is -2.61. The number of esters is 2. The summed E-state index contributed by atoms with van der Waals surface area (Å²) in [6.45, 7) is 5.97. The number of ether oxygens (including phenoxy) is 2. The van der Waals surface area contributed by atoms with Crippen LogP contribution in [0.4, 0.5) is 0 Å². The van der Waals surface area contributed by atoms with Crippen LogP contribution in [-0.4, -0.2) is 24.8 Å². The fourth-order valence-electron chi connectivity index (χ4n) is 6.40. The van der Waals surface area contributed by atoms with E-state index in [0.717, 1.165) is 5.56 Å². The van der Waals surface area contributed by atoms with Crippen molar-refractivity contribution in [2.75, 3.05) is 7.11 Å². The summed E-state index contributed by atoms with van der Waals surface area (Å²) in [6.07, 6.45) is 5.04. The summed E-state index contributed by atoms with van der Waals surface area (Å²) in [5.41, 5.74) is -0.274. The van der Waals surface area contributed by atoms with E-state index in [-0.39, 0.29) is 41.4 Å². The van der Waals surface area contributed by atoms with Gasteiger partial charge in [-0.1, -0.05) is 20.8 Å². The number of ketones is 1. The summed E-state index contributed by atoms with van der Waals surface area (Å²) in [5, 5.41) is 0. The smallest absolute Gasteiger partial charge is 0.310 e. The molecule has 0 bridgehead atoms. The molecule has 1 aliphatic heterocycles. The number of rotatable bonds is 2. The van der Waals surface area contributed by atoms with Gasteiger partial charge in [-0.3, -0.25) is 14.4 Å². The van der Waals surface area contributed by atoms with Crippen molar-refractivity contribution >= 4 is 17.7 Å². The number of fused-ring (bicyclic) bond motifs is 3. The minimum absolute atomic E-state index is 0.162. The Hall–Kier alpha value is -2.11. The van der Waals surface area contributed by atoms with Crippen molar-refractivity contribution in [2.24, 2.45) is 34.5 Å². The highest BCUT2D eigenvalue weighted by atomic mass is 16.5. The molecule has 6 nitrogen and oxygen atoms in total. The molecule has 3 aliphatic rings. The number of hydrogen-bond acceptors (Lipinski definition) is 6. The predicted octanol–water partition coefficient (Wildman–Crippen LogP) is 3.70. The van der Waals surface area contributed by atoms with E-state index in [0.29, 0.717) is 25.7 Å². The number of methoxy groups -OCH3 is 1. The van der Waals surface area contributed by atoms with Crippen molar-refractivity contribution in [1.29, 1.82) is 0 Å². The van der Waals surface area contributed by atoms with Gasteiger partial charge >= 0.3 is 11.9 Å². The molecule has 7 atom stereocenters. The molecular weight excluding hydrogens is 360 g/mol. The zero-order valence-electron chi connectivity index (χ0n) is 16.9. The maximum atomic E-state index is 13.5. The van der Waals surface area contributed by atoms with Gasteiger partial charge in [0.1, 0.15) is 11.9 Å². The Kier molecular flexibility index (Phi) is 4.43. The van der Waals surface area contributed by atoms with Gasteiger partial charge in [0.2, 0.25) is 0 Å². The first-order valence-electron chi connectivity index (χ1n) is 10.1. The Balaban J connectivity index is 1.79. The average Bonchev–Trinajstić information content (AvgIpc) is 3.18. The van der Waals surface area contributed by atoms with Gasteiger partial charge in [-0.05, 0) is 42.6 Å². The van der Waals surface area contributed by atoms with Gasteiger partial charge in [-0.15, -0.1) is 0 Å². The number of cyclic esters (lactones) is 1. The largest absolute Gasteiger partial charge is 0.472 e. The van der Waals surface area contributed by atoms with Gasteiger partial charge < -0.3 is 13.9 Å². The standard InChI is InChI=1S/C22H28O6/c1-12-9-15(19(24)26-4)21(2)7-5-14-20(25)28-16(13-6-8-27-11-13)10-22(14,3)18(21)17(12)23/h6,8,11-12,14-16,18H,5,7,9-10H2,1-4H3/t12-,14?,15?,16+,18?,21+,22+/m1/s1. The molecule has 3 unspecified atom stereocenters. The van der Waals surface area contributed by atoms with Crippen molar-refractivity contribution in [3.8, 4) is 0 Å². The van der Waals surface area contributed by atoms with Crippen LogP contribution in [0.2, 0.25) is 0 Å². The summed E-state index contributed by atoms with van der Waals surface area (Å²) in [5.74, 6) is -1.62. The van der Waals surface area contributed by atoms with Gasteiger partial charge in [0.25, 0.3) is 0 Å². The van der Waals surface area contributed by atoms with Crippen molar-refractivity contribution in [3.63, 3.8) is 0 Å². The van der Waals surface area contributed by atoms with Crippen LogP contribution in [0.15, 0.2) is 23.0 Å². The monoisotopic (exact) mass is 388 g/mol. The molecule has 4 rings (SSSR count). The van der Waals surface area contributed by atoms with Crippen LogP contribution in [-0.2, 0) is 23.9 Å². The van der Waals surface area contributed by atoms with Crippen molar-refractivity contribution in [2.45, 2.75) is 52.6 Å². The minimum atomic E-state index is -0.567. The zero-order chi connectivity index (χ0) is 20.3. The highest BCUT2D eigenvalue weighted by Gasteiger charge is 2.66. The molecule has 0 amide bonds. The number of carbonyl (C=O) groups excluding carboxylic acids is 3. The molecule has 2 saturated carbocycles. The van der Waals surface area contributed by atoms with Crippen LogP contribution in [0.1, 0.15) is 58.1 Å². The van der Waals surface area contributed by atoms with E-state index in [4.69, 9.17) is 13.9 Å². The van der Waals surface area contributed by atoms with Crippen LogP contribution in [0.5, 0.6) is 0 Å². The molecule has 6 heteroatoms. The lowest BCUT2D eigenvalue weighted by Crippen LogP contribution is -2.63.